The second kappa shape index (κ2) is 6.53. The second-order valence-corrected chi connectivity index (χ2v) is 5.20. The van der Waals surface area contributed by atoms with E-state index in [0.717, 1.165) is 22.8 Å². The van der Waals surface area contributed by atoms with Gasteiger partial charge in [-0.05, 0) is 60.7 Å². The molecule has 0 amide bonds. The van der Waals surface area contributed by atoms with Gasteiger partial charge in [0.05, 0.1) is 12.0 Å². The fourth-order valence-electron chi connectivity index (χ4n) is 1.97. The summed E-state index contributed by atoms with van der Waals surface area (Å²) in [6.07, 6.45) is 1.08. The van der Waals surface area contributed by atoms with Crippen LogP contribution in [-0.2, 0) is 6.42 Å². The lowest BCUT2D eigenvalue weighted by Crippen LogP contribution is -1.92. The lowest BCUT2D eigenvalue weighted by Gasteiger charge is -2.11. The Hall–Kier alpha value is -1.61. The molecule has 0 spiro atoms. The summed E-state index contributed by atoms with van der Waals surface area (Å²) in [4.78, 5) is 1.09. The Bertz CT molecular complexity index is 554. The fraction of sp³-hybridized carbons (Fsp3) is 0.250. The van der Waals surface area contributed by atoms with Gasteiger partial charge in [-0.25, -0.2) is 0 Å². The van der Waals surface area contributed by atoms with E-state index in [1.807, 2.05) is 24.3 Å². The molecular weight excluding hydrogens is 254 g/mol. The summed E-state index contributed by atoms with van der Waals surface area (Å²) in [5.41, 5.74) is 3.84. The smallest absolute Gasteiger partial charge is 0.134 e. The maximum absolute atomic E-state index is 5.33. The maximum atomic E-state index is 5.33. The monoisotopic (exact) mass is 273 g/mol. The van der Waals surface area contributed by atoms with Crippen molar-refractivity contribution in [1.82, 2.24) is 0 Å². The van der Waals surface area contributed by atoms with E-state index in [9.17, 15) is 0 Å². The Labute approximate surface area is 119 Å². The van der Waals surface area contributed by atoms with E-state index in [1.54, 1.807) is 19.1 Å². The fourth-order valence-corrected chi connectivity index (χ4v) is 2.73. The van der Waals surface area contributed by atoms with Crippen LogP contribution in [0.5, 0.6) is 5.75 Å². The number of para-hydroxylation sites is 1. The van der Waals surface area contributed by atoms with Crippen molar-refractivity contribution in [3.63, 3.8) is 0 Å². The van der Waals surface area contributed by atoms with Gasteiger partial charge < -0.3 is 9.46 Å². The summed E-state index contributed by atoms with van der Waals surface area (Å²) in [7, 11) is 1.69. The summed E-state index contributed by atoms with van der Waals surface area (Å²) in [6, 6.07) is 14.5. The van der Waals surface area contributed by atoms with Gasteiger partial charge in [0.1, 0.15) is 5.75 Å². The standard InChI is InChI=1S/C16H19NOS/c1-4-13-9-10-14(11-12(13)2)17-19-16-8-6-5-7-15(16)18-3/h5-11,17H,4H2,1-3H3. The molecule has 2 nitrogen and oxygen atoms in total. The largest absolute Gasteiger partial charge is 0.496 e. The number of hydrogen-bond donors (Lipinski definition) is 1. The zero-order valence-electron chi connectivity index (χ0n) is 11.6. The molecule has 0 bridgehead atoms. The number of hydrogen-bond acceptors (Lipinski definition) is 3. The highest BCUT2D eigenvalue weighted by atomic mass is 32.2. The Morgan fingerprint density at radius 2 is 1.95 bits per heavy atom. The Kier molecular flexibility index (Phi) is 4.74. The Morgan fingerprint density at radius 1 is 1.16 bits per heavy atom. The van der Waals surface area contributed by atoms with Crippen LogP contribution in [0.3, 0.4) is 0 Å². The molecule has 2 rings (SSSR count). The minimum Gasteiger partial charge on any atom is -0.496 e. The first kappa shape index (κ1) is 13.8. The normalized spacial score (nSPS) is 10.3. The third-order valence-electron chi connectivity index (χ3n) is 3.07. The van der Waals surface area contributed by atoms with E-state index in [2.05, 4.69) is 36.8 Å². The molecule has 0 unspecified atom stereocenters. The molecule has 0 saturated heterocycles. The number of aryl methyl sites for hydroxylation is 2. The number of rotatable bonds is 5. The minimum absolute atomic E-state index is 0.891. The van der Waals surface area contributed by atoms with Crippen LogP contribution >= 0.6 is 11.9 Å². The Balaban J connectivity index is 2.08. The molecule has 0 radical (unpaired) electrons. The maximum Gasteiger partial charge on any atom is 0.134 e. The van der Waals surface area contributed by atoms with Gasteiger partial charge in [-0.1, -0.05) is 25.1 Å². The molecule has 0 heterocycles. The topological polar surface area (TPSA) is 21.3 Å². The molecule has 0 saturated carbocycles. The molecule has 100 valence electrons. The van der Waals surface area contributed by atoms with Gasteiger partial charge in [0.15, 0.2) is 0 Å². The summed E-state index contributed by atoms with van der Waals surface area (Å²) in [5.74, 6) is 0.891. The summed E-state index contributed by atoms with van der Waals surface area (Å²) < 4.78 is 8.70. The van der Waals surface area contributed by atoms with Crippen molar-refractivity contribution in [2.24, 2.45) is 0 Å². The third kappa shape index (κ3) is 3.44. The average Bonchev–Trinajstić information content (AvgIpc) is 2.45. The highest BCUT2D eigenvalue weighted by Gasteiger charge is 2.03. The zero-order valence-corrected chi connectivity index (χ0v) is 12.4. The first-order valence-corrected chi connectivity index (χ1v) is 7.21. The van der Waals surface area contributed by atoms with Gasteiger partial charge in [-0.3, -0.25) is 0 Å². The first-order chi connectivity index (χ1) is 9.24. The van der Waals surface area contributed by atoms with Crippen LogP contribution in [0.4, 0.5) is 5.69 Å². The number of methoxy groups -OCH3 is 1. The van der Waals surface area contributed by atoms with Crippen molar-refractivity contribution < 1.29 is 4.74 Å². The predicted molar refractivity (Wildman–Crippen MR) is 83.0 cm³/mol. The number of ether oxygens (including phenoxy) is 1. The van der Waals surface area contributed by atoms with Crippen molar-refractivity contribution in [1.29, 1.82) is 0 Å². The quantitative estimate of drug-likeness (QED) is 0.799. The summed E-state index contributed by atoms with van der Waals surface area (Å²) in [5, 5.41) is 0. The molecule has 0 aliphatic carbocycles. The first-order valence-electron chi connectivity index (χ1n) is 6.40. The predicted octanol–water partition coefficient (Wildman–Crippen LogP) is 4.69. The van der Waals surface area contributed by atoms with Crippen molar-refractivity contribution in [3.05, 3.63) is 53.6 Å². The van der Waals surface area contributed by atoms with Gasteiger partial charge in [0.25, 0.3) is 0 Å². The molecule has 2 aromatic carbocycles. The van der Waals surface area contributed by atoms with E-state index in [0.29, 0.717) is 0 Å². The highest BCUT2D eigenvalue weighted by Crippen LogP contribution is 2.30. The molecular formula is C16H19NOS. The zero-order chi connectivity index (χ0) is 13.7. The van der Waals surface area contributed by atoms with E-state index >= 15 is 0 Å². The van der Waals surface area contributed by atoms with Gasteiger partial charge in [0.2, 0.25) is 0 Å². The molecule has 0 fully saturated rings. The molecule has 19 heavy (non-hydrogen) atoms. The van der Waals surface area contributed by atoms with Crippen LogP contribution < -0.4 is 9.46 Å². The van der Waals surface area contributed by atoms with E-state index in [4.69, 9.17) is 4.74 Å². The van der Waals surface area contributed by atoms with Crippen molar-refractivity contribution in [2.45, 2.75) is 25.2 Å². The van der Waals surface area contributed by atoms with Crippen LogP contribution in [0.15, 0.2) is 47.4 Å². The van der Waals surface area contributed by atoms with Crippen LogP contribution in [0, 0.1) is 6.92 Å². The molecule has 0 aliphatic rings. The second-order valence-electron chi connectivity index (χ2n) is 4.35. The van der Waals surface area contributed by atoms with E-state index < -0.39 is 0 Å². The van der Waals surface area contributed by atoms with Crippen molar-refractivity contribution in [3.8, 4) is 5.75 Å². The van der Waals surface area contributed by atoms with Crippen LogP contribution in [0.1, 0.15) is 18.1 Å². The average molecular weight is 273 g/mol. The van der Waals surface area contributed by atoms with Gasteiger partial charge in [-0.2, -0.15) is 0 Å². The molecule has 2 aromatic rings. The van der Waals surface area contributed by atoms with Gasteiger partial charge in [0, 0.05) is 5.69 Å². The van der Waals surface area contributed by atoms with Crippen LogP contribution in [0.25, 0.3) is 0 Å². The molecule has 0 aromatic heterocycles. The summed E-state index contributed by atoms with van der Waals surface area (Å²) >= 11 is 1.57. The molecule has 0 atom stereocenters. The van der Waals surface area contributed by atoms with Gasteiger partial charge >= 0.3 is 0 Å². The number of nitrogens with one attached hydrogen (secondary N) is 1. The van der Waals surface area contributed by atoms with Crippen LogP contribution in [0.2, 0.25) is 0 Å². The molecule has 1 N–H and O–H groups in total. The highest BCUT2D eigenvalue weighted by molar-refractivity contribution is 8.00. The minimum atomic E-state index is 0.891. The van der Waals surface area contributed by atoms with Crippen molar-refractivity contribution >= 4 is 17.6 Å². The molecule has 0 aliphatic heterocycles. The number of benzene rings is 2. The SMILES string of the molecule is CCc1ccc(NSc2ccccc2OC)cc1C. The van der Waals surface area contributed by atoms with Gasteiger partial charge in [-0.15, -0.1) is 0 Å². The van der Waals surface area contributed by atoms with Crippen LogP contribution in [-0.4, -0.2) is 7.11 Å². The summed E-state index contributed by atoms with van der Waals surface area (Å²) in [6.45, 7) is 4.33. The number of anilines is 1. The third-order valence-corrected chi connectivity index (χ3v) is 3.97. The Morgan fingerprint density at radius 3 is 2.63 bits per heavy atom. The van der Waals surface area contributed by atoms with E-state index in [1.165, 1.54) is 11.1 Å². The molecule has 3 heteroatoms. The lowest BCUT2D eigenvalue weighted by atomic mass is 10.1. The van der Waals surface area contributed by atoms with E-state index in [-0.39, 0.29) is 0 Å². The lowest BCUT2D eigenvalue weighted by molar-refractivity contribution is 0.405. The van der Waals surface area contributed by atoms with Crippen molar-refractivity contribution in [2.75, 3.05) is 11.8 Å².